The molecule has 0 bridgehead atoms. The molecule has 0 N–H and O–H groups in total. The first-order valence-corrected chi connectivity index (χ1v) is 10.5. The maximum Gasteiger partial charge on any atom is 0.328 e. The molecule has 1 aromatic carbocycles. The lowest BCUT2D eigenvalue weighted by Gasteiger charge is -2.40. The number of amides is 3. The molecule has 2 atom stereocenters. The maximum absolute atomic E-state index is 13.3. The number of guanidine groups is 1. The van der Waals surface area contributed by atoms with E-state index in [1.54, 1.807) is 18.9 Å². The molecule has 3 amide bonds. The first-order valence-electron chi connectivity index (χ1n) is 10.1. The van der Waals surface area contributed by atoms with Gasteiger partial charge < -0.3 is 14.5 Å². The van der Waals surface area contributed by atoms with E-state index >= 15 is 0 Å². The standard InChI is InChI=1S/C21H24ClN5O4/c1-5-31-16(28)9-10-25-19(29)17-18(24(4)21(25)30)23-20-26(17)11-12(2)27(20)15-8-6-7-14(22)13(15)3/h6-8,11,17-18H,5,9-10H2,1-4H3. The molecule has 4 rings (SSSR count). The van der Waals surface area contributed by atoms with Gasteiger partial charge in [-0.2, -0.15) is 0 Å². The van der Waals surface area contributed by atoms with Gasteiger partial charge in [0.25, 0.3) is 5.91 Å². The van der Waals surface area contributed by atoms with Crippen LogP contribution < -0.4 is 4.90 Å². The highest BCUT2D eigenvalue weighted by Crippen LogP contribution is 2.38. The Morgan fingerprint density at radius 3 is 2.71 bits per heavy atom. The summed E-state index contributed by atoms with van der Waals surface area (Å²) in [6.07, 6.45) is 1.15. The van der Waals surface area contributed by atoms with E-state index in [0.29, 0.717) is 11.0 Å². The van der Waals surface area contributed by atoms with Gasteiger partial charge in [-0.15, -0.1) is 0 Å². The van der Waals surface area contributed by atoms with E-state index in [9.17, 15) is 14.4 Å². The van der Waals surface area contributed by atoms with Crippen LogP contribution in [0.4, 0.5) is 10.5 Å². The minimum Gasteiger partial charge on any atom is -0.466 e. The third kappa shape index (κ3) is 3.33. The number of likely N-dealkylation sites (N-methyl/N-ethyl adjacent to an activating group) is 1. The number of hydrogen-bond acceptors (Lipinski definition) is 7. The van der Waals surface area contributed by atoms with Crippen LogP contribution in [0.2, 0.25) is 5.02 Å². The lowest BCUT2D eigenvalue weighted by molar-refractivity contribution is -0.144. The smallest absolute Gasteiger partial charge is 0.328 e. The van der Waals surface area contributed by atoms with Crippen molar-refractivity contribution >= 4 is 41.2 Å². The fraction of sp³-hybridized carbons (Fsp3) is 0.429. The monoisotopic (exact) mass is 445 g/mol. The van der Waals surface area contributed by atoms with Crippen LogP contribution in [0, 0.1) is 6.92 Å². The summed E-state index contributed by atoms with van der Waals surface area (Å²) in [5.41, 5.74) is 2.64. The van der Waals surface area contributed by atoms with Crippen molar-refractivity contribution in [1.82, 2.24) is 14.7 Å². The molecule has 1 saturated heterocycles. The number of carbonyl (C=O) groups excluding carboxylic acids is 3. The van der Waals surface area contributed by atoms with Gasteiger partial charge in [-0.05, 0) is 38.5 Å². The third-order valence-electron chi connectivity index (χ3n) is 5.71. The van der Waals surface area contributed by atoms with Crippen LogP contribution in [-0.2, 0) is 14.3 Å². The predicted molar refractivity (Wildman–Crippen MR) is 115 cm³/mol. The first kappa shape index (κ1) is 21.2. The quantitative estimate of drug-likeness (QED) is 0.647. The first-order chi connectivity index (χ1) is 14.8. The van der Waals surface area contributed by atoms with Crippen molar-refractivity contribution in [2.75, 3.05) is 25.1 Å². The van der Waals surface area contributed by atoms with E-state index in [1.165, 1.54) is 4.90 Å². The number of carbonyl (C=O) groups is 3. The van der Waals surface area contributed by atoms with Gasteiger partial charge in [-0.1, -0.05) is 17.7 Å². The van der Waals surface area contributed by atoms with Gasteiger partial charge in [0.2, 0.25) is 5.96 Å². The third-order valence-corrected chi connectivity index (χ3v) is 6.12. The summed E-state index contributed by atoms with van der Waals surface area (Å²) < 4.78 is 4.92. The number of hydrogen-bond donors (Lipinski definition) is 0. The molecule has 3 aliphatic rings. The Balaban J connectivity index is 1.63. The number of anilines is 1. The second-order valence-electron chi connectivity index (χ2n) is 7.62. The molecule has 3 heterocycles. The molecule has 0 aliphatic carbocycles. The number of urea groups is 1. The van der Waals surface area contributed by atoms with Gasteiger partial charge in [0.1, 0.15) is 0 Å². The highest BCUT2D eigenvalue weighted by molar-refractivity contribution is 6.32. The summed E-state index contributed by atoms with van der Waals surface area (Å²) in [7, 11) is 1.61. The zero-order chi connectivity index (χ0) is 22.4. The number of halogens is 1. The molecule has 0 saturated carbocycles. The summed E-state index contributed by atoms with van der Waals surface area (Å²) in [5, 5.41) is 0.633. The Hall–Kier alpha value is -3.07. The van der Waals surface area contributed by atoms with E-state index in [0.717, 1.165) is 21.8 Å². The number of benzene rings is 1. The van der Waals surface area contributed by atoms with Gasteiger partial charge in [0.05, 0.1) is 18.7 Å². The van der Waals surface area contributed by atoms with E-state index in [2.05, 4.69) is 0 Å². The SMILES string of the molecule is CCOC(=O)CCN1C(=O)C2C(N=C3N(c4cccc(Cl)c4C)C(C)=CN32)N(C)C1=O. The number of aliphatic imine (C=N–C) groups is 1. The molecule has 1 aromatic rings. The maximum atomic E-state index is 13.3. The normalized spacial score (nSPS) is 22.5. The van der Waals surface area contributed by atoms with Crippen LogP contribution in [0.5, 0.6) is 0 Å². The molecular weight excluding hydrogens is 422 g/mol. The lowest BCUT2D eigenvalue weighted by atomic mass is 10.1. The molecule has 31 heavy (non-hydrogen) atoms. The van der Waals surface area contributed by atoms with E-state index in [1.807, 2.05) is 43.1 Å². The highest BCUT2D eigenvalue weighted by Gasteiger charge is 2.54. The Morgan fingerprint density at radius 2 is 2.00 bits per heavy atom. The van der Waals surface area contributed by atoms with Gasteiger partial charge in [0.15, 0.2) is 12.2 Å². The summed E-state index contributed by atoms with van der Waals surface area (Å²) in [5.74, 6) is -0.265. The topological polar surface area (TPSA) is 85.8 Å². The van der Waals surface area contributed by atoms with Crippen molar-refractivity contribution in [3.8, 4) is 0 Å². The van der Waals surface area contributed by atoms with Crippen molar-refractivity contribution in [1.29, 1.82) is 0 Å². The van der Waals surface area contributed by atoms with Crippen LogP contribution in [0.25, 0.3) is 0 Å². The number of imide groups is 1. The van der Waals surface area contributed by atoms with Gasteiger partial charge in [-0.25, -0.2) is 9.79 Å². The highest BCUT2D eigenvalue weighted by atomic mass is 35.5. The number of nitrogens with zero attached hydrogens (tertiary/aromatic N) is 5. The molecule has 9 nitrogen and oxygen atoms in total. The second-order valence-corrected chi connectivity index (χ2v) is 8.03. The zero-order valence-electron chi connectivity index (χ0n) is 17.8. The Bertz CT molecular complexity index is 1020. The molecule has 164 valence electrons. The molecule has 0 spiro atoms. The van der Waals surface area contributed by atoms with Crippen LogP contribution in [0.1, 0.15) is 25.8 Å². The Kier molecular flexibility index (Phi) is 5.38. The van der Waals surface area contributed by atoms with Gasteiger partial charge in [-0.3, -0.25) is 19.4 Å². The van der Waals surface area contributed by atoms with E-state index < -0.39 is 24.2 Å². The van der Waals surface area contributed by atoms with Gasteiger partial charge >= 0.3 is 12.0 Å². The molecule has 1 fully saturated rings. The van der Waals surface area contributed by atoms with Crippen molar-refractivity contribution in [3.63, 3.8) is 0 Å². The van der Waals surface area contributed by atoms with Crippen LogP contribution in [0.15, 0.2) is 35.1 Å². The zero-order valence-corrected chi connectivity index (χ0v) is 18.6. The molecular formula is C21H24ClN5O4. The van der Waals surface area contributed by atoms with Crippen LogP contribution in [-0.4, -0.2) is 71.0 Å². The van der Waals surface area contributed by atoms with Crippen molar-refractivity contribution in [2.24, 2.45) is 4.99 Å². The molecule has 2 unspecified atom stereocenters. The lowest BCUT2D eigenvalue weighted by Crippen LogP contribution is -2.64. The fourth-order valence-corrected chi connectivity index (χ4v) is 4.30. The number of rotatable bonds is 5. The Morgan fingerprint density at radius 1 is 1.26 bits per heavy atom. The summed E-state index contributed by atoms with van der Waals surface area (Å²) >= 11 is 6.32. The van der Waals surface area contributed by atoms with Crippen LogP contribution >= 0.6 is 11.6 Å². The summed E-state index contributed by atoms with van der Waals surface area (Å²) in [6, 6.07) is 4.45. The number of fused-ring (bicyclic) bond motifs is 3. The molecule has 10 heteroatoms. The van der Waals surface area contributed by atoms with Gasteiger partial charge in [0, 0.05) is 30.5 Å². The second kappa shape index (κ2) is 7.88. The molecule has 3 aliphatic heterocycles. The van der Waals surface area contributed by atoms with Crippen molar-refractivity contribution in [3.05, 3.63) is 40.7 Å². The fourth-order valence-electron chi connectivity index (χ4n) is 4.13. The van der Waals surface area contributed by atoms with E-state index in [-0.39, 0.29) is 25.5 Å². The largest absolute Gasteiger partial charge is 0.466 e. The number of allylic oxidation sites excluding steroid dienone is 1. The van der Waals surface area contributed by atoms with E-state index in [4.69, 9.17) is 21.3 Å². The average Bonchev–Trinajstić information content (AvgIpc) is 3.23. The number of esters is 1. The summed E-state index contributed by atoms with van der Waals surface area (Å²) in [4.78, 5) is 48.9. The van der Waals surface area contributed by atoms with Crippen LogP contribution in [0.3, 0.4) is 0 Å². The van der Waals surface area contributed by atoms with Crippen molar-refractivity contribution < 1.29 is 19.1 Å². The predicted octanol–water partition coefficient (Wildman–Crippen LogP) is 2.54. The summed E-state index contributed by atoms with van der Waals surface area (Å²) in [6.45, 7) is 5.78. The Labute approximate surface area is 185 Å². The molecule has 0 aromatic heterocycles. The molecule has 0 radical (unpaired) electrons. The van der Waals surface area contributed by atoms with Crippen molar-refractivity contribution in [2.45, 2.75) is 39.4 Å². The average molecular weight is 446 g/mol. The minimum absolute atomic E-state index is 0.0347. The minimum atomic E-state index is -0.695. The number of ether oxygens (including phenoxy) is 1.